The molecule has 174 valence electrons. The van der Waals surface area contributed by atoms with Gasteiger partial charge in [-0.15, -0.1) is 0 Å². The summed E-state index contributed by atoms with van der Waals surface area (Å²) >= 11 is 0. The van der Waals surface area contributed by atoms with E-state index in [-0.39, 0.29) is 11.3 Å². The molecule has 0 aliphatic heterocycles. The Morgan fingerprint density at radius 2 is 1.24 bits per heavy atom. The van der Waals surface area contributed by atoms with E-state index in [0.29, 0.717) is 17.6 Å². The first-order valence-corrected chi connectivity index (χ1v) is 11.9. The second-order valence-electron chi connectivity index (χ2n) is 9.89. The largest absolute Gasteiger partial charge is 0.481 e. The average Bonchev–Trinajstić information content (AvgIpc) is 2.79. The molecule has 0 fully saturated rings. The molecular weight excluding hydrogens is 406 g/mol. The third-order valence-electron chi connectivity index (χ3n) is 6.37. The Kier molecular flexibility index (Phi) is 7.63. The van der Waals surface area contributed by atoms with Gasteiger partial charge in [0.1, 0.15) is 5.75 Å². The number of ether oxygens (including phenoxy) is 1. The highest BCUT2D eigenvalue weighted by Crippen LogP contribution is 2.34. The Morgan fingerprint density at radius 3 is 1.76 bits per heavy atom. The molecule has 3 heteroatoms. The standard InChI is InChI=1S/C30H37NO2/c1-20(2)26-14-11-15-27(21(3)4)28(26)31-29(32)22(5)33-25-18-16-24(17-19-25)30(6,7)23-12-9-8-10-13-23/h8-22H,1-7H3,(H,31,32). The quantitative estimate of drug-likeness (QED) is 0.388. The molecule has 0 aliphatic rings. The lowest BCUT2D eigenvalue weighted by atomic mass is 9.78. The molecule has 1 N–H and O–H groups in total. The van der Waals surface area contributed by atoms with Crippen LogP contribution in [0.2, 0.25) is 0 Å². The van der Waals surface area contributed by atoms with Crippen molar-refractivity contribution in [1.82, 2.24) is 0 Å². The van der Waals surface area contributed by atoms with Crippen LogP contribution in [-0.2, 0) is 10.2 Å². The minimum Gasteiger partial charge on any atom is -0.481 e. The summed E-state index contributed by atoms with van der Waals surface area (Å²) in [5.74, 6) is 1.18. The monoisotopic (exact) mass is 443 g/mol. The molecule has 0 spiro atoms. The van der Waals surface area contributed by atoms with Crippen LogP contribution in [0.4, 0.5) is 5.69 Å². The molecular formula is C30H37NO2. The maximum Gasteiger partial charge on any atom is 0.265 e. The number of nitrogens with one attached hydrogen (secondary N) is 1. The molecule has 3 aromatic rings. The number of hydrogen-bond acceptors (Lipinski definition) is 2. The van der Waals surface area contributed by atoms with E-state index in [1.54, 1.807) is 6.92 Å². The number of carbonyl (C=O) groups excluding carboxylic acids is 1. The van der Waals surface area contributed by atoms with Crippen molar-refractivity contribution in [2.75, 3.05) is 5.32 Å². The van der Waals surface area contributed by atoms with Crippen molar-refractivity contribution in [3.05, 3.63) is 95.1 Å². The van der Waals surface area contributed by atoms with Crippen LogP contribution < -0.4 is 10.1 Å². The fourth-order valence-corrected chi connectivity index (χ4v) is 4.15. The van der Waals surface area contributed by atoms with Crippen molar-refractivity contribution in [3.63, 3.8) is 0 Å². The summed E-state index contributed by atoms with van der Waals surface area (Å²) in [6.45, 7) is 14.8. The molecule has 0 saturated carbocycles. The predicted octanol–water partition coefficient (Wildman–Crippen LogP) is 7.67. The highest BCUT2D eigenvalue weighted by atomic mass is 16.5. The van der Waals surface area contributed by atoms with Gasteiger partial charge in [0.05, 0.1) is 0 Å². The maximum atomic E-state index is 13.0. The molecule has 0 aliphatic carbocycles. The van der Waals surface area contributed by atoms with Crippen molar-refractivity contribution in [3.8, 4) is 5.75 Å². The molecule has 0 aromatic heterocycles. The number of rotatable bonds is 8. The van der Waals surface area contributed by atoms with Crippen molar-refractivity contribution in [1.29, 1.82) is 0 Å². The lowest BCUT2D eigenvalue weighted by Crippen LogP contribution is -2.31. The van der Waals surface area contributed by atoms with Crippen molar-refractivity contribution in [2.45, 2.75) is 71.8 Å². The lowest BCUT2D eigenvalue weighted by Gasteiger charge is -2.26. The van der Waals surface area contributed by atoms with Gasteiger partial charge in [0.2, 0.25) is 0 Å². The summed E-state index contributed by atoms with van der Waals surface area (Å²) in [5, 5.41) is 3.16. The summed E-state index contributed by atoms with van der Waals surface area (Å²) in [6, 6.07) is 24.8. The van der Waals surface area contributed by atoms with Crippen LogP contribution in [0.3, 0.4) is 0 Å². The Bertz CT molecular complexity index is 1040. The first kappa shape index (κ1) is 24.6. The SMILES string of the molecule is CC(Oc1ccc(C(C)(C)c2ccccc2)cc1)C(=O)Nc1c(C(C)C)cccc1C(C)C. The zero-order valence-electron chi connectivity index (χ0n) is 21.0. The minimum absolute atomic E-state index is 0.115. The van der Waals surface area contributed by atoms with Crippen molar-refractivity contribution in [2.24, 2.45) is 0 Å². The molecule has 0 heterocycles. The molecule has 0 bridgehead atoms. The van der Waals surface area contributed by atoms with E-state index in [1.165, 1.54) is 11.1 Å². The smallest absolute Gasteiger partial charge is 0.265 e. The maximum absolute atomic E-state index is 13.0. The predicted molar refractivity (Wildman–Crippen MR) is 138 cm³/mol. The molecule has 1 atom stereocenters. The highest BCUT2D eigenvalue weighted by Gasteiger charge is 2.24. The van der Waals surface area contributed by atoms with Crippen LogP contribution in [0.15, 0.2) is 72.8 Å². The number of para-hydroxylation sites is 1. The van der Waals surface area contributed by atoms with Crippen LogP contribution in [0.25, 0.3) is 0 Å². The van der Waals surface area contributed by atoms with Gasteiger partial charge in [0, 0.05) is 11.1 Å². The first-order chi connectivity index (χ1) is 15.6. The summed E-state index contributed by atoms with van der Waals surface area (Å²) < 4.78 is 6.01. The van der Waals surface area contributed by atoms with Gasteiger partial charge in [-0.25, -0.2) is 0 Å². The van der Waals surface area contributed by atoms with Gasteiger partial charge < -0.3 is 10.1 Å². The second kappa shape index (κ2) is 10.2. The molecule has 1 unspecified atom stereocenters. The zero-order valence-corrected chi connectivity index (χ0v) is 21.0. The third kappa shape index (κ3) is 5.65. The van der Waals surface area contributed by atoms with Gasteiger partial charge in [-0.05, 0) is 53.1 Å². The summed E-state index contributed by atoms with van der Waals surface area (Å²) in [4.78, 5) is 13.0. The number of amides is 1. The fraction of sp³-hybridized carbons (Fsp3) is 0.367. The molecule has 3 nitrogen and oxygen atoms in total. The molecule has 0 saturated heterocycles. The zero-order chi connectivity index (χ0) is 24.2. The highest BCUT2D eigenvalue weighted by molar-refractivity contribution is 5.95. The molecule has 3 aromatic carbocycles. The van der Waals surface area contributed by atoms with E-state index in [1.807, 2.05) is 18.2 Å². The van der Waals surface area contributed by atoms with E-state index in [4.69, 9.17) is 4.74 Å². The number of hydrogen-bond donors (Lipinski definition) is 1. The van der Waals surface area contributed by atoms with Gasteiger partial charge >= 0.3 is 0 Å². The first-order valence-electron chi connectivity index (χ1n) is 11.9. The van der Waals surface area contributed by atoms with Gasteiger partial charge in [-0.3, -0.25) is 4.79 Å². The number of carbonyl (C=O) groups is 1. The van der Waals surface area contributed by atoms with E-state index in [0.717, 1.165) is 16.8 Å². The Morgan fingerprint density at radius 1 is 0.727 bits per heavy atom. The van der Waals surface area contributed by atoms with Crippen LogP contribution in [0, 0.1) is 0 Å². The van der Waals surface area contributed by atoms with Crippen LogP contribution in [0.5, 0.6) is 5.75 Å². The Balaban J connectivity index is 1.74. The van der Waals surface area contributed by atoms with Gasteiger partial charge in [0.25, 0.3) is 5.91 Å². The van der Waals surface area contributed by atoms with Gasteiger partial charge in [-0.2, -0.15) is 0 Å². The normalized spacial score (nSPS) is 12.6. The van der Waals surface area contributed by atoms with Crippen molar-refractivity contribution < 1.29 is 9.53 Å². The molecule has 33 heavy (non-hydrogen) atoms. The third-order valence-corrected chi connectivity index (χ3v) is 6.37. The van der Waals surface area contributed by atoms with E-state index in [2.05, 4.69) is 101 Å². The topological polar surface area (TPSA) is 38.3 Å². The van der Waals surface area contributed by atoms with Gasteiger partial charge in [-0.1, -0.05) is 102 Å². The van der Waals surface area contributed by atoms with E-state index < -0.39 is 6.10 Å². The minimum atomic E-state index is -0.613. The molecule has 3 rings (SSSR count). The van der Waals surface area contributed by atoms with Crippen LogP contribution >= 0.6 is 0 Å². The van der Waals surface area contributed by atoms with Crippen LogP contribution in [-0.4, -0.2) is 12.0 Å². The summed E-state index contributed by atoms with van der Waals surface area (Å²) in [7, 11) is 0. The summed E-state index contributed by atoms with van der Waals surface area (Å²) in [5.41, 5.74) is 5.56. The lowest BCUT2D eigenvalue weighted by molar-refractivity contribution is -0.122. The molecule has 0 radical (unpaired) electrons. The number of anilines is 1. The van der Waals surface area contributed by atoms with Gasteiger partial charge in [0.15, 0.2) is 6.10 Å². The second-order valence-corrected chi connectivity index (χ2v) is 9.89. The van der Waals surface area contributed by atoms with Crippen LogP contribution in [0.1, 0.15) is 82.6 Å². The van der Waals surface area contributed by atoms with E-state index in [9.17, 15) is 4.79 Å². The average molecular weight is 444 g/mol. The Hall–Kier alpha value is -3.07. The fourth-order valence-electron chi connectivity index (χ4n) is 4.15. The summed E-state index contributed by atoms with van der Waals surface area (Å²) in [6.07, 6.45) is -0.613. The Labute approximate surface area is 199 Å². The number of benzene rings is 3. The van der Waals surface area contributed by atoms with Crippen molar-refractivity contribution >= 4 is 11.6 Å². The molecule has 1 amide bonds. The van der Waals surface area contributed by atoms with E-state index >= 15 is 0 Å².